The van der Waals surface area contributed by atoms with E-state index >= 15 is 0 Å². The number of methoxy groups -OCH3 is 1. The average molecular weight is 334 g/mol. The SMILES string of the molecule is COc1ccc(Br)c(NCC2Cc3ccccc3O2)c1. The third-order valence-corrected chi connectivity index (χ3v) is 4.10. The number of ether oxygens (including phenoxy) is 2. The highest BCUT2D eigenvalue weighted by molar-refractivity contribution is 9.10. The van der Waals surface area contributed by atoms with Crippen LogP contribution in [0, 0.1) is 0 Å². The van der Waals surface area contributed by atoms with Crippen molar-refractivity contribution in [3.63, 3.8) is 0 Å². The summed E-state index contributed by atoms with van der Waals surface area (Å²) >= 11 is 3.54. The molecule has 1 N–H and O–H groups in total. The Morgan fingerprint density at radius 2 is 2.15 bits per heavy atom. The Morgan fingerprint density at radius 3 is 2.95 bits per heavy atom. The van der Waals surface area contributed by atoms with Crippen molar-refractivity contribution < 1.29 is 9.47 Å². The molecule has 2 aromatic carbocycles. The van der Waals surface area contributed by atoms with Gasteiger partial charge in [-0.3, -0.25) is 0 Å². The van der Waals surface area contributed by atoms with Crippen molar-refractivity contribution in [1.29, 1.82) is 0 Å². The zero-order valence-corrected chi connectivity index (χ0v) is 12.8. The summed E-state index contributed by atoms with van der Waals surface area (Å²) < 4.78 is 12.2. The molecular formula is C16H16BrNO2. The largest absolute Gasteiger partial charge is 0.497 e. The summed E-state index contributed by atoms with van der Waals surface area (Å²) in [6, 6.07) is 14.1. The first-order chi connectivity index (χ1) is 9.76. The lowest BCUT2D eigenvalue weighted by atomic mass is 10.1. The van der Waals surface area contributed by atoms with Gasteiger partial charge in [0.05, 0.1) is 19.3 Å². The number of anilines is 1. The molecule has 0 bridgehead atoms. The molecule has 20 heavy (non-hydrogen) atoms. The number of rotatable bonds is 4. The van der Waals surface area contributed by atoms with Gasteiger partial charge >= 0.3 is 0 Å². The van der Waals surface area contributed by atoms with Crippen molar-refractivity contribution in [2.75, 3.05) is 19.0 Å². The molecule has 0 saturated carbocycles. The van der Waals surface area contributed by atoms with Crippen LogP contribution in [0.3, 0.4) is 0 Å². The third kappa shape index (κ3) is 2.75. The molecule has 1 unspecified atom stereocenters. The molecule has 1 aliphatic rings. The van der Waals surface area contributed by atoms with Crippen LogP contribution in [-0.2, 0) is 6.42 Å². The van der Waals surface area contributed by atoms with Crippen molar-refractivity contribution in [1.82, 2.24) is 0 Å². The molecule has 0 spiro atoms. The summed E-state index contributed by atoms with van der Waals surface area (Å²) in [7, 11) is 1.67. The first-order valence-electron chi connectivity index (χ1n) is 6.58. The molecule has 2 aromatic rings. The van der Waals surface area contributed by atoms with Crippen LogP contribution in [0.1, 0.15) is 5.56 Å². The van der Waals surface area contributed by atoms with Gasteiger partial charge in [-0.25, -0.2) is 0 Å². The van der Waals surface area contributed by atoms with Gasteiger partial charge in [-0.1, -0.05) is 18.2 Å². The summed E-state index contributed by atoms with van der Waals surface area (Å²) in [5.74, 6) is 1.84. The fraction of sp³-hybridized carbons (Fsp3) is 0.250. The Balaban J connectivity index is 1.64. The van der Waals surface area contributed by atoms with E-state index in [2.05, 4.69) is 33.4 Å². The Kier molecular flexibility index (Phi) is 3.83. The van der Waals surface area contributed by atoms with E-state index in [1.54, 1.807) is 7.11 Å². The summed E-state index contributed by atoms with van der Waals surface area (Å²) in [5.41, 5.74) is 2.30. The smallest absolute Gasteiger partial charge is 0.123 e. The monoisotopic (exact) mass is 333 g/mol. The maximum absolute atomic E-state index is 5.92. The van der Waals surface area contributed by atoms with Crippen LogP contribution in [0.2, 0.25) is 0 Å². The second-order valence-electron chi connectivity index (χ2n) is 4.78. The van der Waals surface area contributed by atoms with Gasteiger partial charge in [0.25, 0.3) is 0 Å². The van der Waals surface area contributed by atoms with E-state index < -0.39 is 0 Å². The van der Waals surface area contributed by atoms with Gasteiger partial charge in [-0.05, 0) is 39.7 Å². The van der Waals surface area contributed by atoms with Crippen LogP contribution in [-0.4, -0.2) is 19.8 Å². The maximum Gasteiger partial charge on any atom is 0.123 e. The molecule has 104 valence electrons. The molecule has 1 atom stereocenters. The average Bonchev–Trinajstić information content (AvgIpc) is 2.89. The van der Waals surface area contributed by atoms with Gasteiger partial charge in [-0.2, -0.15) is 0 Å². The summed E-state index contributed by atoms with van der Waals surface area (Å²) in [6.45, 7) is 0.764. The zero-order valence-electron chi connectivity index (χ0n) is 11.2. The number of hydrogen-bond acceptors (Lipinski definition) is 3. The number of benzene rings is 2. The van der Waals surface area contributed by atoms with E-state index in [1.807, 2.05) is 30.3 Å². The number of halogens is 1. The Morgan fingerprint density at radius 1 is 1.30 bits per heavy atom. The Labute approximate surface area is 127 Å². The van der Waals surface area contributed by atoms with Gasteiger partial charge in [0.15, 0.2) is 0 Å². The first kappa shape index (κ1) is 13.3. The van der Waals surface area contributed by atoms with Gasteiger partial charge in [0.2, 0.25) is 0 Å². The molecule has 0 aromatic heterocycles. The molecule has 1 aliphatic heterocycles. The Bertz CT molecular complexity index is 590. The van der Waals surface area contributed by atoms with Crippen LogP contribution in [0.5, 0.6) is 11.5 Å². The highest BCUT2D eigenvalue weighted by Crippen LogP contribution is 2.30. The van der Waals surface area contributed by atoms with E-state index in [1.165, 1.54) is 5.56 Å². The van der Waals surface area contributed by atoms with Gasteiger partial charge in [0, 0.05) is 17.0 Å². The van der Waals surface area contributed by atoms with Crippen molar-refractivity contribution in [3.05, 3.63) is 52.5 Å². The number of hydrogen-bond donors (Lipinski definition) is 1. The highest BCUT2D eigenvalue weighted by atomic mass is 79.9. The van der Waals surface area contributed by atoms with Gasteiger partial charge < -0.3 is 14.8 Å². The lowest BCUT2D eigenvalue weighted by Gasteiger charge is -2.14. The van der Waals surface area contributed by atoms with E-state index in [0.29, 0.717) is 0 Å². The van der Waals surface area contributed by atoms with Crippen molar-refractivity contribution in [2.45, 2.75) is 12.5 Å². The molecule has 0 aliphatic carbocycles. The summed E-state index contributed by atoms with van der Waals surface area (Å²) in [4.78, 5) is 0. The van der Waals surface area contributed by atoms with E-state index in [4.69, 9.17) is 9.47 Å². The maximum atomic E-state index is 5.92. The number of fused-ring (bicyclic) bond motifs is 1. The fourth-order valence-electron chi connectivity index (χ4n) is 2.36. The predicted octanol–water partition coefficient (Wildman–Crippen LogP) is 3.87. The van der Waals surface area contributed by atoms with Crippen LogP contribution < -0.4 is 14.8 Å². The topological polar surface area (TPSA) is 30.5 Å². The van der Waals surface area contributed by atoms with Gasteiger partial charge in [-0.15, -0.1) is 0 Å². The second-order valence-corrected chi connectivity index (χ2v) is 5.63. The molecule has 0 fully saturated rings. The van der Waals surface area contributed by atoms with Crippen LogP contribution >= 0.6 is 15.9 Å². The molecular weight excluding hydrogens is 318 g/mol. The summed E-state index contributed by atoms with van der Waals surface area (Å²) in [5, 5.41) is 3.41. The minimum absolute atomic E-state index is 0.172. The van der Waals surface area contributed by atoms with Gasteiger partial charge in [0.1, 0.15) is 17.6 Å². The predicted molar refractivity (Wildman–Crippen MR) is 83.7 cm³/mol. The number of nitrogens with one attached hydrogen (secondary N) is 1. The van der Waals surface area contributed by atoms with Crippen molar-refractivity contribution >= 4 is 21.6 Å². The van der Waals surface area contributed by atoms with Crippen molar-refractivity contribution in [3.8, 4) is 11.5 Å². The lowest BCUT2D eigenvalue weighted by molar-refractivity contribution is 0.246. The fourth-order valence-corrected chi connectivity index (χ4v) is 2.75. The Hall–Kier alpha value is -1.68. The molecule has 1 heterocycles. The molecule has 3 nitrogen and oxygen atoms in total. The van der Waals surface area contributed by atoms with Crippen LogP contribution in [0.4, 0.5) is 5.69 Å². The standard InChI is InChI=1S/C16H16BrNO2/c1-19-12-6-7-14(17)15(9-12)18-10-13-8-11-4-2-3-5-16(11)20-13/h2-7,9,13,18H,8,10H2,1H3. The summed E-state index contributed by atoms with van der Waals surface area (Å²) in [6.07, 6.45) is 1.12. The minimum atomic E-state index is 0.172. The van der Waals surface area contributed by atoms with E-state index in [-0.39, 0.29) is 6.10 Å². The molecule has 0 radical (unpaired) electrons. The molecule has 3 rings (SSSR count). The lowest BCUT2D eigenvalue weighted by Crippen LogP contribution is -2.24. The molecule has 4 heteroatoms. The number of para-hydroxylation sites is 1. The highest BCUT2D eigenvalue weighted by Gasteiger charge is 2.22. The minimum Gasteiger partial charge on any atom is -0.497 e. The molecule has 0 saturated heterocycles. The molecule has 0 amide bonds. The quantitative estimate of drug-likeness (QED) is 0.921. The second kappa shape index (κ2) is 5.75. The first-order valence-corrected chi connectivity index (χ1v) is 7.37. The van der Waals surface area contributed by atoms with E-state index in [9.17, 15) is 0 Å². The van der Waals surface area contributed by atoms with E-state index in [0.717, 1.165) is 34.6 Å². The van der Waals surface area contributed by atoms with Crippen LogP contribution in [0.15, 0.2) is 46.9 Å². The van der Waals surface area contributed by atoms with Crippen LogP contribution in [0.25, 0.3) is 0 Å². The third-order valence-electron chi connectivity index (χ3n) is 3.41. The van der Waals surface area contributed by atoms with Crippen molar-refractivity contribution in [2.24, 2.45) is 0 Å². The normalized spacial score (nSPS) is 16.4. The zero-order chi connectivity index (χ0) is 13.9.